The summed E-state index contributed by atoms with van der Waals surface area (Å²) in [6, 6.07) is 12.8. The Morgan fingerprint density at radius 3 is 2.52 bits per heavy atom. The fraction of sp³-hybridized carbons (Fsp3) is 0.391. The number of hydrogen-bond donors (Lipinski definition) is 3. The maximum Gasteiger partial charge on any atom is 0.130 e. The SMILES string of the molecule is COc1cc(CN2CCC(N)CC2)cc2c1=C(N)NC(C)C=2c1ccc(Cl)cc1. The maximum absolute atomic E-state index is 6.39. The highest BCUT2D eigenvalue weighted by atomic mass is 35.5. The predicted octanol–water partition coefficient (Wildman–Crippen LogP) is 1.49. The monoisotopic (exact) mass is 412 g/mol. The second kappa shape index (κ2) is 8.27. The van der Waals surface area contributed by atoms with Crippen LogP contribution in [0.3, 0.4) is 0 Å². The van der Waals surface area contributed by atoms with E-state index < -0.39 is 0 Å². The highest BCUT2D eigenvalue weighted by molar-refractivity contribution is 6.30. The van der Waals surface area contributed by atoms with Crippen LogP contribution in [0.2, 0.25) is 5.02 Å². The first-order valence-electron chi connectivity index (χ1n) is 10.2. The number of rotatable bonds is 4. The van der Waals surface area contributed by atoms with Crippen LogP contribution in [0, 0.1) is 0 Å². The van der Waals surface area contributed by atoms with Crippen molar-refractivity contribution in [3.8, 4) is 5.75 Å². The first-order valence-corrected chi connectivity index (χ1v) is 10.6. The van der Waals surface area contributed by atoms with Crippen LogP contribution < -0.4 is 32.0 Å². The molecule has 0 radical (unpaired) electrons. The lowest BCUT2D eigenvalue weighted by Crippen LogP contribution is -2.48. The predicted molar refractivity (Wildman–Crippen MR) is 119 cm³/mol. The maximum atomic E-state index is 6.39. The Morgan fingerprint density at radius 1 is 1.17 bits per heavy atom. The standard InChI is InChI=1S/C23H29ClN4O/c1-14-21(16-3-5-17(24)6-4-16)19-11-15(13-28-9-7-18(25)8-10-28)12-20(29-2)22(19)23(26)27-14/h3-6,11-12,14,18,27H,7-10,13,25-26H2,1-2H3. The summed E-state index contributed by atoms with van der Waals surface area (Å²) in [6.45, 7) is 5.07. The molecule has 0 aliphatic carbocycles. The zero-order chi connectivity index (χ0) is 20.5. The highest BCUT2D eigenvalue weighted by Gasteiger charge is 2.22. The summed E-state index contributed by atoms with van der Waals surface area (Å²) in [5, 5.41) is 6.18. The summed E-state index contributed by atoms with van der Waals surface area (Å²) in [7, 11) is 1.70. The van der Waals surface area contributed by atoms with Crippen LogP contribution in [0.5, 0.6) is 5.75 Å². The van der Waals surface area contributed by atoms with Gasteiger partial charge in [-0.3, -0.25) is 4.90 Å². The van der Waals surface area contributed by atoms with Crippen molar-refractivity contribution in [2.45, 2.75) is 38.4 Å². The van der Waals surface area contributed by atoms with Crippen molar-refractivity contribution >= 4 is 23.0 Å². The Kier molecular flexibility index (Phi) is 5.72. The zero-order valence-electron chi connectivity index (χ0n) is 17.0. The normalized spacial score (nSPS) is 20.3. The number of hydrogen-bond acceptors (Lipinski definition) is 5. The largest absolute Gasteiger partial charge is 0.496 e. The van der Waals surface area contributed by atoms with Crippen LogP contribution in [0.1, 0.15) is 30.9 Å². The number of nitrogens with zero attached hydrogens (tertiary/aromatic N) is 1. The Morgan fingerprint density at radius 2 is 1.86 bits per heavy atom. The summed E-state index contributed by atoms with van der Waals surface area (Å²) in [6.07, 6.45) is 2.10. The molecule has 1 atom stereocenters. The number of piperidine rings is 1. The van der Waals surface area contributed by atoms with Gasteiger partial charge in [0.05, 0.1) is 18.4 Å². The molecule has 2 heterocycles. The molecule has 6 heteroatoms. The number of likely N-dealkylation sites (tertiary alicyclic amines) is 1. The summed E-state index contributed by atoms with van der Waals surface area (Å²) in [5.41, 5.74) is 16.0. The Bertz CT molecular complexity index is 1010. The van der Waals surface area contributed by atoms with Crippen molar-refractivity contribution in [2.24, 2.45) is 11.5 Å². The molecular weight excluding hydrogens is 384 g/mol. The van der Waals surface area contributed by atoms with Crippen LogP contribution in [0.25, 0.3) is 11.4 Å². The van der Waals surface area contributed by atoms with E-state index in [0.29, 0.717) is 11.9 Å². The van der Waals surface area contributed by atoms with E-state index in [9.17, 15) is 0 Å². The molecule has 5 nitrogen and oxygen atoms in total. The number of benzene rings is 2. The van der Waals surface area contributed by atoms with Crippen LogP contribution in [0.4, 0.5) is 0 Å². The smallest absolute Gasteiger partial charge is 0.130 e. The van der Waals surface area contributed by atoms with Crippen LogP contribution in [-0.4, -0.2) is 37.2 Å². The third kappa shape index (κ3) is 4.08. The highest BCUT2D eigenvalue weighted by Crippen LogP contribution is 2.21. The second-order valence-electron chi connectivity index (χ2n) is 8.03. The fourth-order valence-electron chi connectivity index (χ4n) is 4.43. The lowest BCUT2D eigenvalue weighted by Gasteiger charge is -2.30. The molecule has 2 aromatic carbocycles. The first-order chi connectivity index (χ1) is 14.0. The molecule has 0 bridgehead atoms. The number of fused-ring (bicyclic) bond motifs is 1. The third-order valence-electron chi connectivity index (χ3n) is 5.94. The van der Waals surface area contributed by atoms with E-state index >= 15 is 0 Å². The van der Waals surface area contributed by atoms with Gasteiger partial charge in [-0.25, -0.2) is 0 Å². The van der Waals surface area contributed by atoms with Gasteiger partial charge in [0.25, 0.3) is 0 Å². The van der Waals surface area contributed by atoms with Gasteiger partial charge in [-0.15, -0.1) is 0 Å². The molecule has 2 aliphatic rings. The fourth-order valence-corrected chi connectivity index (χ4v) is 4.56. The van der Waals surface area contributed by atoms with Gasteiger partial charge in [0, 0.05) is 17.6 Å². The van der Waals surface area contributed by atoms with Crippen LogP contribution in [-0.2, 0) is 6.54 Å². The molecule has 1 saturated heterocycles. The van der Waals surface area contributed by atoms with Crippen molar-refractivity contribution in [3.63, 3.8) is 0 Å². The Labute approximate surface area is 177 Å². The van der Waals surface area contributed by atoms with Gasteiger partial charge in [-0.05, 0) is 79.0 Å². The number of halogens is 1. The Balaban J connectivity index is 1.86. The molecule has 0 aromatic heterocycles. The quantitative estimate of drug-likeness (QED) is 0.709. The van der Waals surface area contributed by atoms with Crippen LogP contribution in [0.15, 0.2) is 36.4 Å². The molecule has 1 fully saturated rings. The van der Waals surface area contributed by atoms with Gasteiger partial charge < -0.3 is 21.5 Å². The van der Waals surface area contributed by atoms with Gasteiger partial charge in [0.2, 0.25) is 0 Å². The molecule has 2 aromatic rings. The van der Waals surface area contributed by atoms with Crippen molar-refractivity contribution in [3.05, 3.63) is 63.0 Å². The zero-order valence-corrected chi connectivity index (χ0v) is 17.8. The summed E-state index contributed by atoms with van der Waals surface area (Å²) >= 11 is 6.12. The first kappa shape index (κ1) is 20.1. The van der Waals surface area contributed by atoms with E-state index in [4.69, 9.17) is 27.8 Å². The third-order valence-corrected chi connectivity index (χ3v) is 6.19. The van der Waals surface area contributed by atoms with Crippen LogP contribution >= 0.6 is 11.6 Å². The van der Waals surface area contributed by atoms with Gasteiger partial charge in [-0.2, -0.15) is 0 Å². The molecule has 0 amide bonds. The molecule has 2 aliphatic heterocycles. The number of methoxy groups -OCH3 is 1. The van der Waals surface area contributed by atoms with E-state index in [2.05, 4.69) is 41.4 Å². The molecule has 154 valence electrons. The number of nitrogens with two attached hydrogens (primary N) is 2. The topological polar surface area (TPSA) is 76.5 Å². The number of nitrogens with one attached hydrogen (secondary N) is 1. The molecule has 0 spiro atoms. The van der Waals surface area contributed by atoms with Crippen molar-refractivity contribution in [2.75, 3.05) is 20.2 Å². The van der Waals surface area contributed by atoms with E-state index in [1.807, 2.05) is 12.1 Å². The molecule has 29 heavy (non-hydrogen) atoms. The van der Waals surface area contributed by atoms with E-state index in [1.165, 1.54) is 11.1 Å². The lowest BCUT2D eigenvalue weighted by atomic mass is 9.92. The van der Waals surface area contributed by atoms with Crippen molar-refractivity contribution < 1.29 is 4.74 Å². The summed E-state index contributed by atoms with van der Waals surface area (Å²) in [4.78, 5) is 2.46. The average molecular weight is 413 g/mol. The Hall–Kier alpha value is -2.21. The molecular formula is C23H29ClN4O. The van der Waals surface area contributed by atoms with Gasteiger partial charge in [-0.1, -0.05) is 23.7 Å². The molecule has 4 rings (SSSR count). The minimum absolute atomic E-state index is 0.0802. The molecule has 5 N–H and O–H groups in total. The van der Waals surface area contributed by atoms with Crippen molar-refractivity contribution in [1.82, 2.24) is 10.2 Å². The minimum Gasteiger partial charge on any atom is -0.496 e. The molecule has 1 unspecified atom stereocenters. The van der Waals surface area contributed by atoms with Gasteiger partial charge in [0.15, 0.2) is 0 Å². The number of ether oxygens (including phenoxy) is 1. The van der Waals surface area contributed by atoms with E-state index in [1.54, 1.807) is 7.11 Å². The van der Waals surface area contributed by atoms with Gasteiger partial charge >= 0.3 is 0 Å². The lowest BCUT2D eigenvalue weighted by molar-refractivity contribution is 0.205. The van der Waals surface area contributed by atoms with Crippen molar-refractivity contribution in [1.29, 1.82) is 0 Å². The van der Waals surface area contributed by atoms with E-state index in [-0.39, 0.29) is 6.04 Å². The minimum atomic E-state index is 0.0802. The second-order valence-corrected chi connectivity index (χ2v) is 8.47. The molecule has 0 saturated carbocycles. The van der Waals surface area contributed by atoms with Gasteiger partial charge in [0.1, 0.15) is 11.6 Å². The van der Waals surface area contributed by atoms with E-state index in [0.717, 1.165) is 59.2 Å². The summed E-state index contributed by atoms with van der Waals surface area (Å²) in [5.74, 6) is 1.45. The average Bonchev–Trinajstić information content (AvgIpc) is 2.70. The summed E-state index contributed by atoms with van der Waals surface area (Å²) < 4.78 is 5.75.